The average Bonchev–Trinajstić information content (AvgIpc) is 3.27. The van der Waals surface area contributed by atoms with Crippen LogP contribution in [0.1, 0.15) is 41.2 Å². The molecule has 0 bridgehead atoms. The number of alkyl halides is 1. The van der Waals surface area contributed by atoms with E-state index in [4.69, 9.17) is 0 Å². The Balaban J connectivity index is 1.70. The summed E-state index contributed by atoms with van der Waals surface area (Å²) in [7, 11) is 1.77. The maximum Gasteiger partial charge on any atom is 0.274 e. The molecule has 3 rings (SSSR count). The van der Waals surface area contributed by atoms with Crippen LogP contribution in [0.3, 0.4) is 0 Å². The van der Waals surface area contributed by atoms with Crippen LogP contribution in [-0.4, -0.2) is 66.1 Å². The lowest BCUT2D eigenvalue weighted by molar-refractivity contribution is 0.0708. The second kappa shape index (κ2) is 7.22. The van der Waals surface area contributed by atoms with Crippen LogP contribution in [0.2, 0.25) is 0 Å². The molecule has 1 N–H and O–H groups in total. The Kier molecular flexibility index (Phi) is 5.01. The lowest BCUT2D eigenvalue weighted by atomic mass is 10.2. The molecule has 0 aromatic carbocycles. The van der Waals surface area contributed by atoms with E-state index < -0.39 is 6.17 Å². The zero-order valence-corrected chi connectivity index (χ0v) is 15.0. The molecule has 1 saturated heterocycles. The first-order chi connectivity index (χ1) is 12.3. The fourth-order valence-corrected chi connectivity index (χ4v) is 3.00. The second-order valence-corrected chi connectivity index (χ2v) is 6.82. The summed E-state index contributed by atoms with van der Waals surface area (Å²) in [6, 6.07) is -0.386. The molecule has 9 nitrogen and oxygen atoms in total. The minimum Gasteiger partial charge on any atom is -0.348 e. The van der Waals surface area contributed by atoms with Crippen LogP contribution in [0.5, 0.6) is 0 Å². The highest BCUT2D eigenvalue weighted by Crippen LogP contribution is 2.23. The summed E-state index contributed by atoms with van der Waals surface area (Å²) >= 11 is 0. The lowest BCUT2D eigenvalue weighted by Gasteiger charge is -2.23. The van der Waals surface area contributed by atoms with Gasteiger partial charge < -0.3 is 14.8 Å². The van der Waals surface area contributed by atoms with E-state index in [-0.39, 0.29) is 54.8 Å². The first-order valence-corrected chi connectivity index (χ1v) is 8.47. The normalized spacial score (nSPS) is 20.0. The molecule has 1 fully saturated rings. The minimum atomic E-state index is -1.10. The summed E-state index contributed by atoms with van der Waals surface area (Å²) in [5.41, 5.74) is 0.471. The van der Waals surface area contributed by atoms with Crippen molar-refractivity contribution in [1.29, 1.82) is 0 Å². The molecule has 0 radical (unpaired) electrons. The van der Waals surface area contributed by atoms with E-state index in [1.54, 1.807) is 17.8 Å². The van der Waals surface area contributed by atoms with E-state index >= 15 is 0 Å². The summed E-state index contributed by atoms with van der Waals surface area (Å²) in [5, 5.41) is 10.5. The van der Waals surface area contributed by atoms with Crippen LogP contribution in [0.4, 0.5) is 4.39 Å². The number of hydrogen-bond donors (Lipinski definition) is 1. The first kappa shape index (κ1) is 18.0. The van der Waals surface area contributed by atoms with E-state index in [2.05, 4.69) is 20.6 Å². The third kappa shape index (κ3) is 3.89. The van der Waals surface area contributed by atoms with Gasteiger partial charge in [0.1, 0.15) is 11.9 Å². The summed E-state index contributed by atoms with van der Waals surface area (Å²) in [5.74, 6) is -0.629. The zero-order chi connectivity index (χ0) is 18.8. The molecule has 0 saturated carbocycles. The molecule has 2 amide bonds. The molecule has 10 heteroatoms. The van der Waals surface area contributed by atoms with Crippen molar-refractivity contribution < 1.29 is 14.0 Å². The van der Waals surface area contributed by atoms with Gasteiger partial charge in [0.25, 0.3) is 11.8 Å². The first-order valence-electron chi connectivity index (χ1n) is 8.47. The van der Waals surface area contributed by atoms with Crippen LogP contribution >= 0.6 is 0 Å². The summed E-state index contributed by atoms with van der Waals surface area (Å²) in [6.45, 7) is 3.99. The number of halogens is 1. The molecule has 26 heavy (non-hydrogen) atoms. The Morgan fingerprint density at radius 2 is 2.12 bits per heavy atom. The number of carbonyl (C=O) groups is 2. The van der Waals surface area contributed by atoms with Crippen molar-refractivity contribution in [2.24, 2.45) is 7.05 Å². The molecule has 2 atom stereocenters. The number of aryl methyl sites for hydroxylation is 1. The van der Waals surface area contributed by atoms with Crippen LogP contribution in [0.15, 0.2) is 18.7 Å². The number of nitrogens with zero attached hydrogens (tertiary/aromatic N) is 6. The van der Waals surface area contributed by atoms with E-state index in [0.717, 1.165) is 0 Å². The van der Waals surface area contributed by atoms with Gasteiger partial charge in [-0.15, -0.1) is 5.10 Å². The minimum absolute atomic E-state index is 0.0127. The molecule has 0 unspecified atom stereocenters. The Hall–Kier alpha value is -2.78. The van der Waals surface area contributed by atoms with Gasteiger partial charge in [0.05, 0.1) is 31.7 Å². The van der Waals surface area contributed by atoms with Gasteiger partial charge in [-0.05, 0) is 13.8 Å². The second-order valence-electron chi connectivity index (χ2n) is 6.82. The third-order valence-electron chi connectivity index (χ3n) is 4.14. The van der Waals surface area contributed by atoms with Gasteiger partial charge in [-0.3, -0.25) is 9.59 Å². The number of imidazole rings is 1. The van der Waals surface area contributed by atoms with Crippen molar-refractivity contribution in [1.82, 2.24) is 34.8 Å². The van der Waals surface area contributed by atoms with Gasteiger partial charge in [0, 0.05) is 25.7 Å². The molecule has 3 heterocycles. The number of aromatic nitrogens is 5. The Labute approximate surface area is 150 Å². The molecular weight excluding hydrogens is 341 g/mol. The quantitative estimate of drug-likeness (QED) is 0.829. The van der Waals surface area contributed by atoms with Gasteiger partial charge in [-0.2, -0.15) is 0 Å². The summed E-state index contributed by atoms with van der Waals surface area (Å²) < 4.78 is 17.1. The molecule has 1 aliphatic rings. The number of likely N-dealkylation sites (tertiary alicyclic amines) is 1. The average molecular weight is 363 g/mol. The predicted octanol–water partition coefficient (Wildman–Crippen LogP) is 0.403. The van der Waals surface area contributed by atoms with Crippen molar-refractivity contribution in [3.63, 3.8) is 0 Å². The highest BCUT2D eigenvalue weighted by atomic mass is 19.1. The molecule has 0 aliphatic carbocycles. The predicted molar refractivity (Wildman–Crippen MR) is 90.2 cm³/mol. The highest BCUT2D eigenvalue weighted by Gasteiger charge is 2.37. The Morgan fingerprint density at radius 1 is 1.35 bits per heavy atom. The third-order valence-corrected chi connectivity index (χ3v) is 4.14. The van der Waals surface area contributed by atoms with Gasteiger partial charge in [0.2, 0.25) is 0 Å². The van der Waals surface area contributed by atoms with Crippen molar-refractivity contribution in [3.8, 4) is 0 Å². The van der Waals surface area contributed by atoms with Crippen molar-refractivity contribution in [2.75, 3.05) is 6.54 Å². The Morgan fingerprint density at radius 3 is 2.77 bits per heavy atom. The van der Waals surface area contributed by atoms with E-state index in [0.29, 0.717) is 0 Å². The maximum atomic E-state index is 14.0. The van der Waals surface area contributed by atoms with Crippen LogP contribution in [0.25, 0.3) is 0 Å². The lowest BCUT2D eigenvalue weighted by Crippen LogP contribution is -2.38. The number of carbonyl (C=O) groups excluding carboxylic acids is 2. The topological polar surface area (TPSA) is 97.9 Å². The van der Waals surface area contributed by atoms with Crippen molar-refractivity contribution in [2.45, 2.75) is 45.1 Å². The molecule has 140 valence electrons. The maximum absolute atomic E-state index is 14.0. The largest absolute Gasteiger partial charge is 0.348 e. The van der Waals surface area contributed by atoms with E-state index in [1.807, 2.05) is 13.8 Å². The molecule has 2 aromatic heterocycles. The number of amides is 2. The van der Waals surface area contributed by atoms with Crippen LogP contribution < -0.4 is 5.32 Å². The Bertz CT molecular complexity index is 800. The number of hydrogen-bond acceptors (Lipinski definition) is 5. The van der Waals surface area contributed by atoms with E-state index in [1.165, 1.54) is 22.1 Å². The van der Waals surface area contributed by atoms with Gasteiger partial charge in [0.15, 0.2) is 5.69 Å². The SMILES string of the molecule is CC(C)NC(=O)c1cn(C[C@@H]2C[C@H](F)CN2C(=O)c2cn(C)cn2)nn1. The molecule has 1 aliphatic heterocycles. The fourth-order valence-electron chi connectivity index (χ4n) is 3.00. The number of rotatable bonds is 5. The fraction of sp³-hybridized carbons (Fsp3) is 0.562. The highest BCUT2D eigenvalue weighted by molar-refractivity contribution is 5.93. The van der Waals surface area contributed by atoms with E-state index in [9.17, 15) is 14.0 Å². The molecule has 0 spiro atoms. The molecule has 2 aromatic rings. The summed E-state index contributed by atoms with van der Waals surface area (Å²) in [6.07, 6.45) is 3.76. The summed E-state index contributed by atoms with van der Waals surface area (Å²) in [4.78, 5) is 30.1. The smallest absolute Gasteiger partial charge is 0.274 e. The standard InChI is InChI=1S/C16H22FN7O2/c1-10(2)19-15(25)13-8-23(21-20-13)6-12-4-11(17)5-24(12)16(26)14-7-22(3)9-18-14/h7-12H,4-6H2,1-3H3,(H,19,25)/t11-,12-/m0/s1. The number of nitrogens with one attached hydrogen (secondary N) is 1. The van der Waals surface area contributed by atoms with Gasteiger partial charge in [-0.1, -0.05) is 5.21 Å². The van der Waals surface area contributed by atoms with Crippen LogP contribution in [-0.2, 0) is 13.6 Å². The van der Waals surface area contributed by atoms with Crippen molar-refractivity contribution >= 4 is 11.8 Å². The van der Waals surface area contributed by atoms with Gasteiger partial charge in [-0.25, -0.2) is 14.1 Å². The monoisotopic (exact) mass is 363 g/mol. The van der Waals surface area contributed by atoms with Crippen LogP contribution in [0, 0.1) is 0 Å². The zero-order valence-electron chi connectivity index (χ0n) is 15.0. The van der Waals surface area contributed by atoms with Gasteiger partial charge >= 0.3 is 0 Å². The van der Waals surface area contributed by atoms with Crippen molar-refractivity contribution in [3.05, 3.63) is 30.1 Å². The molecular formula is C16H22FN7O2.